The van der Waals surface area contributed by atoms with Crippen molar-refractivity contribution >= 4 is 28.1 Å². The van der Waals surface area contributed by atoms with Gasteiger partial charge < -0.3 is 19.1 Å². The Labute approximate surface area is 188 Å². The summed E-state index contributed by atoms with van der Waals surface area (Å²) in [6, 6.07) is 7.16. The lowest BCUT2D eigenvalue weighted by molar-refractivity contribution is -0.131. The fourth-order valence-corrected chi connectivity index (χ4v) is 4.70. The van der Waals surface area contributed by atoms with Gasteiger partial charge in [0.1, 0.15) is 18.0 Å². The lowest BCUT2D eigenvalue weighted by Gasteiger charge is -2.19. The number of hydrogen-bond donors (Lipinski definition) is 1. The van der Waals surface area contributed by atoms with Gasteiger partial charge >= 0.3 is 5.69 Å². The van der Waals surface area contributed by atoms with Gasteiger partial charge in [0, 0.05) is 33.6 Å². The summed E-state index contributed by atoms with van der Waals surface area (Å²) in [6.45, 7) is 2.50. The molecule has 0 saturated carbocycles. The number of aromatic nitrogens is 6. The second-order valence-electron chi connectivity index (χ2n) is 8.42. The third-order valence-corrected chi connectivity index (χ3v) is 6.48. The smallest absolute Gasteiger partial charge is 0.332 e. The molecule has 1 amide bonds. The molecule has 2 atom stereocenters. The van der Waals surface area contributed by atoms with Crippen LogP contribution in [0.5, 0.6) is 0 Å². The monoisotopic (exact) mass is 451 g/mol. The quantitative estimate of drug-likeness (QED) is 0.459. The molecule has 33 heavy (non-hydrogen) atoms. The van der Waals surface area contributed by atoms with Gasteiger partial charge in [0.2, 0.25) is 5.91 Å². The van der Waals surface area contributed by atoms with Gasteiger partial charge in [-0.15, -0.1) is 0 Å². The molecule has 0 aliphatic carbocycles. The number of para-hydroxylation sites is 2. The molecule has 172 valence electrons. The van der Waals surface area contributed by atoms with Crippen molar-refractivity contribution in [2.24, 2.45) is 14.1 Å². The summed E-state index contributed by atoms with van der Waals surface area (Å²) in [7, 11) is 2.96. The van der Waals surface area contributed by atoms with Crippen LogP contribution in [0.15, 0.2) is 40.2 Å². The number of hydrogen-bond acceptors (Lipinski definition) is 6. The minimum Gasteiger partial charge on any atom is -0.389 e. The Balaban J connectivity index is 1.45. The molecule has 0 spiro atoms. The molecule has 1 N–H and O–H groups in total. The normalized spacial score (nSPS) is 18.6. The molecule has 0 unspecified atom stereocenters. The van der Waals surface area contributed by atoms with E-state index in [-0.39, 0.29) is 31.1 Å². The maximum Gasteiger partial charge on any atom is 0.332 e. The number of imidazole rings is 2. The third-order valence-electron chi connectivity index (χ3n) is 6.48. The van der Waals surface area contributed by atoms with E-state index in [2.05, 4.69) is 9.97 Å². The molecule has 3 aromatic heterocycles. The van der Waals surface area contributed by atoms with Crippen molar-refractivity contribution in [3.8, 4) is 0 Å². The van der Waals surface area contributed by atoms with E-state index in [1.165, 1.54) is 17.9 Å². The number of carbonyl (C=O) groups is 1. The molecule has 1 aliphatic heterocycles. The van der Waals surface area contributed by atoms with Gasteiger partial charge in [0.15, 0.2) is 5.52 Å². The molecule has 1 saturated heterocycles. The zero-order valence-corrected chi connectivity index (χ0v) is 18.7. The van der Waals surface area contributed by atoms with E-state index in [4.69, 9.17) is 0 Å². The number of aryl methyl sites for hydroxylation is 2. The van der Waals surface area contributed by atoms with E-state index in [1.54, 1.807) is 16.5 Å². The summed E-state index contributed by atoms with van der Waals surface area (Å²) in [6.07, 6.45) is 1.28. The van der Waals surface area contributed by atoms with Crippen LogP contribution in [0.2, 0.25) is 0 Å². The van der Waals surface area contributed by atoms with Crippen LogP contribution in [0.3, 0.4) is 0 Å². The van der Waals surface area contributed by atoms with Gasteiger partial charge in [-0.2, -0.15) is 0 Å². The minimum atomic E-state index is -0.865. The Morgan fingerprint density at radius 2 is 1.91 bits per heavy atom. The fraction of sp³-hybridized carbons (Fsp3) is 0.409. The maximum atomic E-state index is 13.2. The summed E-state index contributed by atoms with van der Waals surface area (Å²) in [5, 5.41) is 10.8. The van der Waals surface area contributed by atoms with Crippen LogP contribution >= 0.6 is 0 Å². The van der Waals surface area contributed by atoms with Gasteiger partial charge in [-0.3, -0.25) is 18.7 Å². The zero-order valence-electron chi connectivity index (χ0n) is 18.7. The molecule has 4 heterocycles. The molecule has 11 heteroatoms. The van der Waals surface area contributed by atoms with Gasteiger partial charge in [-0.25, -0.2) is 14.8 Å². The Hall–Kier alpha value is -3.73. The van der Waals surface area contributed by atoms with E-state index in [0.717, 1.165) is 21.4 Å². The highest BCUT2D eigenvalue weighted by molar-refractivity contribution is 5.81. The van der Waals surface area contributed by atoms with E-state index in [9.17, 15) is 19.5 Å². The van der Waals surface area contributed by atoms with Gasteiger partial charge in [-0.05, 0) is 12.1 Å². The number of amides is 1. The Kier molecular flexibility index (Phi) is 4.93. The number of benzene rings is 1. The van der Waals surface area contributed by atoms with Crippen molar-refractivity contribution in [2.75, 3.05) is 13.1 Å². The van der Waals surface area contributed by atoms with Gasteiger partial charge in [0.05, 0.1) is 29.5 Å². The van der Waals surface area contributed by atoms with Crippen LogP contribution in [0.1, 0.15) is 18.8 Å². The van der Waals surface area contributed by atoms with Crippen LogP contribution in [0, 0.1) is 0 Å². The molecule has 0 radical (unpaired) electrons. The molecule has 1 fully saturated rings. The van der Waals surface area contributed by atoms with Crippen molar-refractivity contribution in [3.63, 3.8) is 0 Å². The van der Waals surface area contributed by atoms with Crippen LogP contribution in [-0.2, 0) is 31.9 Å². The van der Waals surface area contributed by atoms with E-state index < -0.39 is 23.4 Å². The lowest BCUT2D eigenvalue weighted by Crippen LogP contribution is -2.38. The molecular weight excluding hydrogens is 426 g/mol. The average Bonchev–Trinajstić information content (AvgIpc) is 3.51. The summed E-state index contributed by atoms with van der Waals surface area (Å²) in [5.41, 5.74) is 1.24. The van der Waals surface area contributed by atoms with Gasteiger partial charge in [0.25, 0.3) is 5.56 Å². The number of β-amino-alcohol motifs (C(OH)–C–C–N with tert-alkyl or cyclic N) is 1. The molecule has 1 aromatic carbocycles. The van der Waals surface area contributed by atoms with E-state index in [0.29, 0.717) is 12.1 Å². The highest BCUT2D eigenvalue weighted by atomic mass is 16.3. The van der Waals surface area contributed by atoms with Crippen molar-refractivity contribution in [1.29, 1.82) is 0 Å². The van der Waals surface area contributed by atoms with Crippen molar-refractivity contribution in [1.82, 2.24) is 33.1 Å². The van der Waals surface area contributed by atoms with Crippen molar-refractivity contribution < 1.29 is 9.90 Å². The first-order chi connectivity index (χ1) is 15.8. The molecule has 1 aliphatic rings. The third kappa shape index (κ3) is 3.18. The SMILES string of the molecule is CCc1nc2ccccc2n1CC(=O)N1C[C@H](O)[C@@H](n2cnc3c(=O)n(C)c(=O)n(C)c32)C1. The standard InChI is InChI=1S/C22H25N7O4/c1-4-17-24-13-7-5-6-8-14(13)28(17)11-18(31)27-9-15(16(30)10-27)29-12-23-19-20(29)25(2)22(33)26(3)21(19)32/h5-8,12,15-16,30H,4,9-11H2,1-3H3/t15-,16-/m0/s1. The number of aliphatic hydroxyl groups is 1. The van der Waals surface area contributed by atoms with Gasteiger partial charge in [-0.1, -0.05) is 19.1 Å². The zero-order chi connectivity index (χ0) is 23.4. The van der Waals surface area contributed by atoms with Crippen LogP contribution < -0.4 is 11.2 Å². The molecular formula is C22H25N7O4. The second kappa shape index (κ2) is 7.69. The topological polar surface area (TPSA) is 120 Å². The van der Waals surface area contributed by atoms with Crippen molar-refractivity contribution in [3.05, 3.63) is 57.3 Å². The lowest BCUT2D eigenvalue weighted by atomic mass is 10.2. The molecule has 11 nitrogen and oxygen atoms in total. The minimum absolute atomic E-state index is 0.118. The number of nitrogens with zero attached hydrogens (tertiary/aromatic N) is 7. The summed E-state index contributed by atoms with van der Waals surface area (Å²) in [5.74, 6) is 0.691. The largest absolute Gasteiger partial charge is 0.389 e. The molecule has 5 rings (SSSR count). The predicted octanol–water partition coefficient (Wildman–Crippen LogP) is -0.210. The summed E-state index contributed by atoms with van der Waals surface area (Å²) in [4.78, 5) is 48.5. The van der Waals surface area contributed by atoms with E-state index >= 15 is 0 Å². The molecule has 4 aromatic rings. The van der Waals surface area contributed by atoms with Crippen LogP contribution in [0.4, 0.5) is 0 Å². The predicted molar refractivity (Wildman–Crippen MR) is 121 cm³/mol. The van der Waals surface area contributed by atoms with Crippen LogP contribution in [-0.4, -0.2) is 63.3 Å². The number of carbonyl (C=O) groups excluding carboxylic acids is 1. The van der Waals surface area contributed by atoms with Crippen molar-refractivity contribution in [2.45, 2.75) is 32.0 Å². The Morgan fingerprint density at radius 3 is 2.67 bits per heavy atom. The number of rotatable bonds is 4. The highest BCUT2D eigenvalue weighted by Gasteiger charge is 2.37. The summed E-state index contributed by atoms with van der Waals surface area (Å²) >= 11 is 0. The fourth-order valence-electron chi connectivity index (χ4n) is 4.70. The second-order valence-corrected chi connectivity index (χ2v) is 8.42. The Morgan fingerprint density at radius 1 is 1.15 bits per heavy atom. The number of fused-ring (bicyclic) bond motifs is 2. The highest BCUT2D eigenvalue weighted by Crippen LogP contribution is 2.26. The van der Waals surface area contributed by atoms with E-state index in [1.807, 2.05) is 35.8 Å². The first-order valence-electron chi connectivity index (χ1n) is 10.8. The summed E-state index contributed by atoms with van der Waals surface area (Å²) < 4.78 is 5.88. The first kappa shape index (κ1) is 21.1. The average molecular weight is 451 g/mol. The van der Waals surface area contributed by atoms with Crippen LogP contribution in [0.25, 0.3) is 22.2 Å². The number of likely N-dealkylation sites (tertiary alicyclic amines) is 1. The first-order valence-corrected chi connectivity index (χ1v) is 10.8. The maximum absolute atomic E-state index is 13.2. The molecule has 0 bridgehead atoms. The number of aliphatic hydroxyl groups excluding tert-OH is 1. The Bertz CT molecular complexity index is 1510.